The molecule has 2 nitrogen and oxygen atoms in total. The molecule has 2 heteroatoms. The fraction of sp³-hybridized carbons (Fsp3) is 1.00. The molecule has 0 aromatic rings. The minimum absolute atomic E-state index is 0.311. The van der Waals surface area contributed by atoms with Crippen LogP contribution in [0.2, 0.25) is 0 Å². The van der Waals surface area contributed by atoms with Crippen LogP contribution in [0.25, 0.3) is 0 Å². The van der Waals surface area contributed by atoms with Crippen LogP contribution in [-0.2, 0) is 0 Å². The third-order valence-electron chi connectivity index (χ3n) is 3.14. The lowest BCUT2D eigenvalue weighted by molar-refractivity contribution is -0.0383. The number of hydrogen-bond acceptors (Lipinski definition) is 2. The van der Waals surface area contributed by atoms with Crippen LogP contribution in [0.3, 0.4) is 0 Å². The first-order valence-corrected chi connectivity index (χ1v) is 5.79. The Balaban J connectivity index is 2.47. The van der Waals surface area contributed by atoms with E-state index in [4.69, 9.17) is 0 Å². The first-order valence-electron chi connectivity index (χ1n) is 5.79. The highest BCUT2D eigenvalue weighted by Gasteiger charge is 2.37. The zero-order chi connectivity index (χ0) is 10.8. The van der Waals surface area contributed by atoms with E-state index in [1.54, 1.807) is 0 Å². The van der Waals surface area contributed by atoms with Gasteiger partial charge >= 0.3 is 0 Å². The summed E-state index contributed by atoms with van der Waals surface area (Å²) in [5.74, 6) is 0. The van der Waals surface area contributed by atoms with Crippen molar-refractivity contribution >= 4 is 0 Å². The molecular weight excluding hydrogens is 174 g/mol. The van der Waals surface area contributed by atoms with E-state index in [0.717, 1.165) is 25.8 Å². The molecule has 0 saturated heterocycles. The first-order chi connectivity index (χ1) is 6.33. The third kappa shape index (κ3) is 3.58. The highest BCUT2D eigenvalue weighted by Crippen LogP contribution is 2.40. The minimum atomic E-state index is -0.466. The van der Waals surface area contributed by atoms with Crippen LogP contribution in [0, 0.1) is 5.41 Å². The van der Waals surface area contributed by atoms with Gasteiger partial charge in [-0.25, -0.2) is 0 Å². The molecule has 1 aliphatic rings. The Morgan fingerprint density at radius 2 is 1.93 bits per heavy atom. The van der Waals surface area contributed by atoms with Gasteiger partial charge < -0.3 is 10.4 Å². The van der Waals surface area contributed by atoms with Crippen molar-refractivity contribution in [1.82, 2.24) is 5.32 Å². The van der Waals surface area contributed by atoms with Crippen molar-refractivity contribution in [3.05, 3.63) is 0 Å². The molecule has 1 unspecified atom stereocenters. The summed E-state index contributed by atoms with van der Waals surface area (Å²) in [6.07, 6.45) is 4.29. The molecule has 0 aromatic heterocycles. The highest BCUT2D eigenvalue weighted by atomic mass is 16.3. The average Bonchev–Trinajstić information content (AvgIpc) is 1.98. The minimum Gasteiger partial charge on any atom is -0.389 e. The van der Waals surface area contributed by atoms with Gasteiger partial charge in [0.05, 0.1) is 5.60 Å². The molecule has 0 spiro atoms. The van der Waals surface area contributed by atoms with Crippen molar-refractivity contribution in [2.24, 2.45) is 5.41 Å². The highest BCUT2D eigenvalue weighted by molar-refractivity contribution is 4.92. The van der Waals surface area contributed by atoms with E-state index in [9.17, 15) is 5.11 Å². The van der Waals surface area contributed by atoms with E-state index in [1.807, 2.05) is 0 Å². The van der Waals surface area contributed by atoms with Crippen LogP contribution in [0.5, 0.6) is 0 Å². The third-order valence-corrected chi connectivity index (χ3v) is 3.14. The summed E-state index contributed by atoms with van der Waals surface area (Å²) in [4.78, 5) is 0. The molecule has 0 aromatic carbocycles. The Bertz CT molecular complexity index is 189. The Kier molecular flexibility index (Phi) is 3.59. The molecule has 14 heavy (non-hydrogen) atoms. The van der Waals surface area contributed by atoms with Gasteiger partial charge in [-0.15, -0.1) is 0 Å². The molecule has 1 rings (SSSR count). The summed E-state index contributed by atoms with van der Waals surface area (Å²) in [7, 11) is 0. The summed E-state index contributed by atoms with van der Waals surface area (Å²) < 4.78 is 0. The Morgan fingerprint density at radius 1 is 1.29 bits per heavy atom. The van der Waals surface area contributed by atoms with Gasteiger partial charge in [-0.05, 0) is 24.7 Å². The molecule has 2 N–H and O–H groups in total. The standard InChI is InChI=1S/C12H25NO/c1-10(2)13-9-12(14)7-5-6-11(3,4)8-12/h10,13-14H,5-9H2,1-4H3. The second-order valence-electron chi connectivity index (χ2n) is 5.95. The molecule has 0 radical (unpaired) electrons. The maximum absolute atomic E-state index is 10.4. The second-order valence-corrected chi connectivity index (χ2v) is 5.95. The van der Waals surface area contributed by atoms with Crippen LogP contribution >= 0.6 is 0 Å². The molecule has 0 amide bonds. The Morgan fingerprint density at radius 3 is 2.43 bits per heavy atom. The van der Waals surface area contributed by atoms with Crippen LogP contribution < -0.4 is 5.32 Å². The number of rotatable bonds is 3. The molecular formula is C12H25NO. The van der Waals surface area contributed by atoms with Crippen LogP contribution in [0.15, 0.2) is 0 Å². The summed E-state index contributed by atoms with van der Waals surface area (Å²) in [6, 6.07) is 0.462. The lowest BCUT2D eigenvalue weighted by Gasteiger charge is -2.42. The van der Waals surface area contributed by atoms with Crippen molar-refractivity contribution in [2.45, 2.75) is 65.0 Å². The lowest BCUT2D eigenvalue weighted by atomic mass is 9.70. The maximum atomic E-state index is 10.4. The molecule has 0 heterocycles. The smallest absolute Gasteiger partial charge is 0.0776 e. The average molecular weight is 199 g/mol. The van der Waals surface area contributed by atoms with E-state index >= 15 is 0 Å². The summed E-state index contributed by atoms with van der Waals surface area (Å²) in [5, 5.41) is 13.7. The van der Waals surface area contributed by atoms with Gasteiger partial charge in [0.15, 0.2) is 0 Å². The predicted octanol–water partition coefficient (Wildman–Crippen LogP) is 2.32. The van der Waals surface area contributed by atoms with Crippen molar-refractivity contribution in [3.63, 3.8) is 0 Å². The van der Waals surface area contributed by atoms with Crippen molar-refractivity contribution < 1.29 is 5.11 Å². The van der Waals surface area contributed by atoms with Gasteiger partial charge in [-0.3, -0.25) is 0 Å². The molecule has 84 valence electrons. The lowest BCUT2D eigenvalue weighted by Crippen LogP contribution is -2.48. The number of nitrogens with one attached hydrogen (secondary N) is 1. The predicted molar refractivity (Wildman–Crippen MR) is 60.3 cm³/mol. The van der Waals surface area contributed by atoms with E-state index in [0.29, 0.717) is 11.5 Å². The van der Waals surface area contributed by atoms with Gasteiger partial charge in [-0.1, -0.05) is 34.1 Å². The first kappa shape index (κ1) is 12.0. The maximum Gasteiger partial charge on any atom is 0.0776 e. The van der Waals surface area contributed by atoms with Gasteiger partial charge in [-0.2, -0.15) is 0 Å². The normalized spacial score (nSPS) is 32.1. The number of aliphatic hydroxyl groups is 1. The SMILES string of the molecule is CC(C)NCC1(O)CCCC(C)(C)C1. The van der Waals surface area contributed by atoms with Crippen LogP contribution in [0.4, 0.5) is 0 Å². The summed E-state index contributed by atoms with van der Waals surface area (Å²) in [5.41, 5.74) is -0.155. The second kappa shape index (κ2) is 4.19. The zero-order valence-electron chi connectivity index (χ0n) is 10.1. The van der Waals surface area contributed by atoms with Crippen molar-refractivity contribution in [3.8, 4) is 0 Å². The van der Waals surface area contributed by atoms with Crippen LogP contribution in [-0.4, -0.2) is 23.3 Å². The van der Waals surface area contributed by atoms with Gasteiger partial charge in [0.2, 0.25) is 0 Å². The van der Waals surface area contributed by atoms with Crippen molar-refractivity contribution in [2.75, 3.05) is 6.54 Å². The Hall–Kier alpha value is -0.0800. The quantitative estimate of drug-likeness (QED) is 0.731. The fourth-order valence-electron chi connectivity index (χ4n) is 2.51. The summed E-state index contributed by atoms with van der Waals surface area (Å²) >= 11 is 0. The van der Waals surface area contributed by atoms with Gasteiger partial charge in [0, 0.05) is 12.6 Å². The molecule has 0 bridgehead atoms. The molecule has 1 aliphatic carbocycles. The number of hydrogen-bond donors (Lipinski definition) is 2. The fourth-order valence-corrected chi connectivity index (χ4v) is 2.51. The molecule has 1 atom stereocenters. The molecule has 1 fully saturated rings. The van der Waals surface area contributed by atoms with Gasteiger partial charge in [0.25, 0.3) is 0 Å². The van der Waals surface area contributed by atoms with Gasteiger partial charge in [0.1, 0.15) is 0 Å². The van der Waals surface area contributed by atoms with E-state index in [1.165, 1.54) is 6.42 Å². The molecule has 0 aliphatic heterocycles. The van der Waals surface area contributed by atoms with E-state index in [-0.39, 0.29) is 0 Å². The largest absolute Gasteiger partial charge is 0.389 e. The van der Waals surface area contributed by atoms with E-state index < -0.39 is 5.60 Å². The van der Waals surface area contributed by atoms with E-state index in [2.05, 4.69) is 33.0 Å². The topological polar surface area (TPSA) is 32.3 Å². The zero-order valence-corrected chi connectivity index (χ0v) is 10.1. The Labute approximate surface area is 88.1 Å². The summed E-state index contributed by atoms with van der Waals surface area (Å²) in [6.45, 7) is 9.50. The van der Waals surface area contributed by atoms with Crippen LogP contribution in [0.1, 0.15) is 53.4 Å². The molecule has 1 saturated carbocycles. The monoisotopic (exact) mass is 199 g/mol. The van der Waals surface area contributed by atoms with Crippen molar-refractivity contribution in [1.29, 1.82) is 0 Å².